The SMILES string of the molecule is COC(=O)C[C@@H](CC(C)C)C(=O)N[C@@H](Cc1c[nH]c2ccccc12)C(=O)NCCCN1CCOCC1. The molecular weight excluding hydrogens is 460 g/mol. The maximum absolute atomic E-state index is 13.3. The van der Waals surface area contributed by atoms with E-state index in [4.69, 9.17) is 9.47 Å². The van der Waals surface area contributed by atoms with Crippen LogP contribution in [0.2, 0.25) is 0 Å². The zero-order valence-electron chi connectivity index (χ0n) is 21.7. The van der Waals surface area contributed by atoms with E-state index < -0.39 is 17.9 Å². The number of rotatable bonds is 13. The molecule has 9 nitrogen and oxygen atoms in total. The van der Waals surface area contributed by atoms with Crippen molar-refractivity contribution >= 4 is 28.7 Å². The highest BCUT2D eigenvalue weighted by molar-refractivity contribution is 5.91. The van der Waals surface area contributed by atoms with Gasteiger partial charge in [0.1, 0.15) is 6.04 Å². The van der Waals surface area contributed by atoms with Crippen molar-refractivity contribution in [1.82, 2.24) is 20.5 Å². The smallest absolute Gasteiger partial charge is 0.306 e. The molecule has 2 amide bonds. The summed E-state index contributed by atoms with van der Waals surface area (Å²) in [5, 5.41) is 6.97. The summed E-state index contributed by atoms with van der Waals surface area (Å²) in [6.07, 6.45) is 3.56. The minimum absolute atomic E-state index is 0.0124. The largest absolute Gasteiger partial charge is 0.469 e. The van der Waals surface area contributed by atoms with Gasteiger partial charge in [0, 0.05) is 49.1 Å². The van der Waals surface area contributed by atoms with Crippen LogP contribution in [0.15, 0.2) is 30.5 Å². The van der Waals surface area contributed by atoms with Crippen LogP contribution in [0, 0.1) is 11.8 Å². The molecule has 2 atom stereocenters. The monoisotopic (exact) mass is 500 g/mol. The van der Waals surface area contributed by atoms with E-state index in [0.29, 0.717) is 19.4 Å². The number of carbonyl (C=O) groups excluding carboxylic acids is 3. The summed E-state index contributed by atoms with van der Waals surface area (Å²) >= 11 is 0. The van der Waals surface area contributed by atoms with Crippen molar-refractivity contribution in [3.05, 3.63) is 36.0 Å². The first kappa shape index (κ1) is 27.7. The maximum Gasteiger partial charge on any atom is 0.306 e. The summed E-state index contributed by atoms with van der Waals surface area (Å²) in [6, 6.07) is 7.12. The van der Waals surface area contributed by atoms with Gasteiger partial charge in [0.05, 0.1) is 26.7 Å². The topological polar surface area (TPSA) is 113 Å². The van der Waals surface area contributed by atoms with Crippen LogP contribution in [0.3, 0.4) is 0 Å². The molecular formula is C27H40N4O5. The molecule has 198 valence electrons. The number of methoxy groups -OCH3 is 1. The first-order valence-electron chi connectivity index (χ1n) is 12.9. The van der Waals surface area contributed by atoms with Crippen molar-refractivity contribution in [2.24, 2.45) is 11.8 Å². The third-order valence-corrected chi connectivity index (χ3v) is 6.55. The van der Waals surface area contributed by atoms with Crippen LogP contribution in [-0.2, 0) is 30.3 Å². The van der Waals surface area contributed by atoms with Gasteiger partial charge in [-0.05, 0) is 36.9 Å². The lowest BCUT2D eigenvalue weighted by Crippen LogP contribution is -2.50. The molecule has 1 saturated heterocycles. The zero-order valence-corrected chi connectivity index (χ0v) is 21.7. The van der Waals surface area contributed by atoms with Gasteiger partial charge in [-0.15, -0.1) is 0 Å². The molecule has 3 rings (SSSR count). The number of nitrogens with zero attached hydrogens (tertiary/aromatic N) is 1. The van der Waals surface area contributed by atoms with E-state index in [9.17, 15) is 14.4 Å². The summed E-state index contributed by atoms with van der Waals surface area (Å²) in [7, 11) is 1.32. The Bertz CT molecular complexity index is 999. The van der Waals surface area contributed by atoms with Crippen LogP contribution >= 0.6 is 0 Å². The fraction of sp³-hybridized carbons (Fsp3) is 0.593. The Balaban J connectivity index is 1.68. The van der Waals surface area contributed by atoms with Crippen LogP contribution in [-0.4, -0.2) is 80.2 Å². The van der Waals surface area contributed by atoms with E-state index in [1.807, 2.05) is 44.3 Å². The molecule has 1 aromatic carbocycles. The van der Waals surface area contributed by atoms with Crippen LogP contribution in [0.4, 0.5) is 0 Å². The molecule has 3 N–H and O–H groups in total. The number of para-hydroxylation sites is 1. The Hall–Kier alpha value is -2.91. The maximum atomic E-state index is 13.3. The van der Waals surface area contributed by atoms with Crippen molar-refractivity contribution in [2.75, 3.05) is 46.5 Å². The second-order valence-corrected chi connectivity index (χ2v) is 9.83. The number of carbonyl (C=O) groups is 3. The van der Waals surface area contributed by atoms with Gasteiger partial charge in [-0.25, -0.2) is 0 Å². The molecule has 2 aromatic rings. The Morgan fingerprint density at radius 3 is 2.61 bits per heavy atom. The highest BCUT2D eigenvalue weighted by Crippen LogP contribution is 2.21. The highest BCUT2D eigenvalue weighted by atomic mass is 16.5. The number of hydrogen-bond acceptors (Lipinski definition) is 6. The quantitative estimate of drug-likeness (QED) is 0.287. The van der Waals surface area contributed by atoms with Gasteiger partial charge in [-0.3, -0.25) is 19.3 Å². The van der Waals surface area contributed by atoms with Gasteiger partial charge in [-0.1, -0.05) is 32.0 Å². The molecule has 0 aliphatic carbocycles. The van der Waals surface area contributed by atoms with Crippen molar-refractivity contribution in [2.45, 2.75) is 45.6 Å². The Labute approximate surface area is 213 Å². The van der Waals surface area contributed by atoms with Crippen molar-refractivity contribution < 1.29 is 23.9 Å². The van der Waals surface area contributed by atoms with Crippen LogP contribution < -0.4 is 10.6 Å². The van der Waals surface area contributed by atoms with E-state index in [-0.39, 0.29) is 24.2 Å². The number of aromatic nitrogens is 1. The lowest BCUT2D eigenvalue weighted by atomic mass is 9.92. The fourth-order valence-electron chi connectivity index (χ4n) is 4.62. The van der Waals surface area contributed by atoms with E-state index in [0.717, 1.165) is 55.7 Å². The minimum atomic E-state index is -0.757. The van der Waals surface area contributed by atoms with Crippen molar-refractivity contribution in [3.8, 4) is 0 Å². The normalized spacial score (nSPS) is 16.0. The number of fused-ring (bicyclic) bond motifs is 1. The Kier molecular flexibility index (Phi) is 10.8. The molecule has 0 saturated carbocycles. The fourth-order valence-corrected chi connectivity index (χ4v) is 4.62. The second kappa shape index (κ2) is 14.0. The lowest BCUT2D eigenvalue weighted by molar-refractivity contribution is -0.144. The number of esters is 1. The van der Waals surface area contributed by atoms with Crippen LogP contribution in [0.1, 0.15) is 38.7 Å². The molecule has 1 aliphatic heterocycles. The standard InChI is InChI=1S/C27H40N4O5/c1-19(2)15-20(17-25(32)35-3)26(33)30-24(16-21-18-29-23-8-5-4-7-22(21)23)27(34)28-9-6-10-31-11-13-36-14-12-31/h4-5,7-8,18-20,24,29H,6,9-17H2,1-3H3,(H,28,34)(H,30,33)/t20-,24+/m1/s1. The van der Waals surface area contributed by atoms with Gasteiger partial charge in [0.25, 0.3) is 0 Å². The van der Waals surface area contributed by atoms with E-state index in [1.54, 1.807) is 0 Å². The summed E-state index contributed by atoms with van der Waals surface area (Å²) in [6.45, 7) is 8.72. The van der Waals surface area contributed by atoms with Gasteiger partial charge in [0.2, 0.25) is 11.8 Å². The number of amides is 2. The average Bonchev–Trinajstić information content (AvgIpc) is 3.28. The van der Waals surface area contributed by atoms with Gasteiger partial charge in [0.15, 0.2) is 0 Å². The summed E-state index contributed by atoms with van der Waals surface area (Å²) in [4.78, 5) is 44.0. The van der Waals surface area contributed by atoms with E-state index in [2.05, 4.69) is 20.5 Å². The predicted molar refractivity (Wildman–Crippen MR) is 138 cm³/mol. The number of ether oxygens (including phenoxy) is 2. The van der Waals surface area contributed by atoms with E-state index in [1.165, 1.54) is 7.11 Å². The average molecular weight is 501 g/mol. The second-order valence-electron chi connectivity index (χ2n) is 9.83. The third-order valence-electron chi connectivity index (χ3n) is 6.55. The van der Waals surface area contributed by atoms with Gasteiger partial charge >= 0.3 is 5.97 Å². The predicted octanol–water partition coefficient (Wildman–Crippen LogP) is 2.26. The molecule has 1 aliphatic rings. The summed E-state index contributed by atoms with van der Waals surface area (Å²) in [5.74, 6) is -1.31. The van der Waals surface area contributed by atoms with Crippen LogP contribution in [0.5, 0.6) is 0 Å². The van der Waals surface area contributed by atoms with Crippen molar-refractivity contribution in [1.29, 1.82) is 0 Å². The first-order chi connectivity index (χ1) is 17.4. The van der Waals surface area contributed by atoms with Gasteiger partial charge in [-0.2, -0.15) is 0 Å². The molecule has 2 heterocycles. The molecule has 1 fully saturated rings. The number of morpholine rings is 1. The van der Waals surface area contributed by atoms with E-state index >= 15 is 0 Å². The molecule has 1 aromatic heterocycles. The van der Waals surface area contributed by atoms with Crippen LogP contribution in [0.25, 0.3) is 10.9 Å². The Morgan fingerprint density at radius 2 is 1.89 bits per heavy atom. The highest BCUT2D eigenvalue weighted by Gasteiger charge is 2.29. The third kappa shape index (κ3) is 8.34. The van der Waals surface area contributed by atoms with Crippen molar-refractivity contribution in [3.63, 3.8) is 0 Å². The zero-order chi connectivity index (χ0) is 25.9. The number of H-pyrrole nitrogens is 1. The molecule has 36 heavy (non-hydrogen) atoms. The molecule has 0 radical (unpaired) electrons. The first-order valence-corrected chi connectivity index (χ1v) is 12.9. The number of nitrogens with one attached hydrogen (secondary N) is 3. The minimum Gasteiger partial charge on any atom is -0.469 e. The summed E-state index contributed by atoms with van der Waals surface area (Å²) < 4.78 is 10.2. The molecule has 0 spiro atoms. The molecule has 9 heteroatoms. The Morgan fingerprint density at radius 1 is 1.14 bits per heavy atom. The number of hydrogen-bond donors (Lipinski definition) is 3. The van der Waals surface area contributed by atoms with Gasteiger partial charge < -0.3 is 25.1 Å². The summed E-state index contributed by atoms with van der Waals surface area (Å²) in [5.41, 5.74) is 1.93. The molecule has 0 bridgehead atoms. The number of benzene rings is 1. The molecule has 0 unspecified atom stereocenters. The number of aromatic amines is 1. The lowest BCUT2D eigenvalue weighted by Gasteiger charge is -2.26.